The van der Waals surface area contributed by atoms with Crippen LogP contribution in [0.4, 0.5) is 17.6 Å². The zero-order valence-corrected chi connectivity index (χ0v) is 26.1. The first-order chi connectivity index (χ1) is 21.5. The Bertz CT molecular complexity index is 1760. The maximum Gasteiger partial charge on any atom is 0.416 e. The lowest BCUT2D eigenvalue weighted by atomic mass is 10.1. The average molecular weight is 677 g/mol. The molecule has 2 fully saturated rings. The second-order valence-corrected chi connectivity index (χ2v) is 12.9. The van der Waals surface area contributed by atoms with Crippen molar-refractivity contribution >= 4 is 40.4 Å². The topological polar surface area (TPSA) is 53.4 Å². The summed E-state index contributed by atoms with van der Waals surface area (Å²) in [7, 11) is 0. The van der Waals surface area contributed by atoms with E-state index in [0.29, 0.717) is 37.4 Å². The van der Waals surface area contributed by atoms with Crippen LogP contribution in [0.1, 0.15) is 51.3 Å². The van der Waals surface area contributed by atoms with E-state index in [0.717, 1.165) is 49.4 Å². The van der Waals surface area contributed by atoms with Crippen LogP contribution in [-0.4, -0.2) is 57.9 Å². The summed E-state index contributed by atoms with van der Waals surface area (Å²) >= 11 is 14.2. The Morgan fingerprint density at radius 3 is 2.40 bits per heavy atom. The Kier molecular flexibility index (Phi) is 9.22. The highest BCUT2D eigenvalue weighted by Crippen LogP contribution is 2.38. The third kappa shape index (κ3) is 7.21. The Balaban J connectivity index is 1.41. The molecule has 1 amide bonds. The first-order valence-electron chi connectivity index (χ1n) is 14.3. The molecule has 0 unspecified atom stereocenters. The zero-order valence-electron chi connectivity index (χ0n) is 23.8. The van der Waals surface area contributed by atoms with Crippen LogP contribution in [0, 0.1) is 11.8 Å². The fourth-order valence-electron chi connectivity index (χ4n) is 5.33. The van der Waals surface area contributed by atoms with Crippen molar-refractivity contribution in [1.29, 1.82) is 0 Å². The largest absolute Gasteiger partial charge is 0.416 e. The molecular weight excluding hydrogens is 649 g/mol. The molecule has 2 aliphatic rings. The Labute approximate surface area is 271 Å². The molecule has 4 aromatic rings. The van der Waals surface area contributed by atoms with E-state index in [9.17, 15) is 22.4 Å². The van der Waals surface area contributed by atoms with Crippen LogP contribution >= 0.6 is 34.5 Å². The van der Waals surface area contributed by atoms with Gasteiger partial charge in [0.15, 0.2) is 5.69 Å². The van der Waals surface area contributed by atoms with Crippen molar-refractivity contribution in [2.24, 2.45) is 0 Å². The molecule has 13 heteroatoms. The lowest BCUT2D eigenvalue weighted by Crippen LogP contribution is -2.48. The number of nitrogens with zero attached hydrogens (tertiary/aromatic N) is 4. The summed E-state index contributed by atoms with van der Waals surface area (Å²) in [5.41, 5.74) is 4.63. The SMILES string of the molecule is O=C(NN1CCCCC1)c1nn(-c2ccc(Cl)cc2Cl)c(-c2ccc(C#Cc3ccc(C(F)(F)F)cc3)s2)c1CN1CC(F)C1. The number of hydrogen-bond acceptors (Lipinski definition) is 5. The van der Waals surface area contributed by atoms with E-state index in [-0.39, 0.29) is 31.2 Å². The van der Waals surface area contributed by atoms with Gasteiger partial charge in [-0.25, -0.2) is 14.1 Å². The van der Waals surface area contributed by atoms with Crippen molar-refractivity contribution < 1.29 is 22.4 Å². The number of halogens is 6. The highest BCUT2D eigenvalue weighted by Gasteiger charge is 2.33. The van der Waals surface area contributed by atoms with E-state index < -0.39 is 17.9 Å². The lowest BCUT2D eigenvalue weighted by Gasteiger charge is -2.34. The first kappa shape index (κ1) is 31.6. The van der Waals surface area contributed by atoms with E-state index in [1.165, 1.54) is 23.5 Å². The van der Waals surface area contributed by atoms with Crippen LogP contribution in [0.25, 0.3) is 16.3 Å². The summed E-state index contributed by atoms with van der Waals surface area (Å²) in [6, 6.07) is 13.3. The number of piperidine rings is 1. The summed E-state index contributed by atoms with van der Waals surface area (Å²) in [6.07, 6.45) is -2.30. The molecule has 0 radical (unpaired) electrons. The molecule has 2 aliphatic heterocycles. The summed E-state index contributed by atoms with van der Waals surface area (Å²) in [6.45, 7) is 2.24. The minimum atomic E-state index is -4.42. The van der Waals surface area contributed by atoms with E-state index in [2.05, 4.69) is 17.3 Å². The quantitative estimate of drug-likeness (QED) is 0.169. The maximum absolute atomic E-state index is 13.9. The van der Waals surface area contributed by atoms with Crippen molar-refractivity contribution in [2.75, 3.05) is 26.2 Å². The van der Waals surface area contributed by atoms with E-state index in [4.69, 9.17) is 28.3 Å². The summed E-state index contributed by atoms with van der Waals surface area (Å²) in [5.74, 6) is 5.58. The maximum atomic E-state index is 13.9. The van der Waals surface area contributed by atoms with Crippen LogP contribution < -0.4 is 5.43 Å². The number of thiophene rings is 1. The van der Waals surface area contributed by atoms with Gasteiger partial charge in [0, 0.05) is 48.9 Å². The van der Waals surface area contributed by atoms with Gasteiger partial charge in [-0.2, -0.15) is 18.3 Å². The monoisotopic (exact) mass is 675 g/mol. The van der Waals surface area contributed by atoms with Gasteiger partial charge in [0.2, 0.25) is 0 Å². The number of carbonyl (C=O) groups is 1. The Morgan fingerprint density at radius 1 is 1.00 bits per heavy atom. The molecule has 1 N–H and O–H groups in total. The number of rotatable bonds is 6. The molecule has 2 aromatic carbocycles. The Hall–Kier alpha value is -3.40. The van der Waals surface area contributed by atoms with Crippen molar-refractivity contribution in [2.45, 2.75) is 38.2 Å². The molecule has 234 valence electrons. The van der Waals surface area contributed by atoms with Crippen molar-refractivity contribution in [1.82, 2.24) is 25.1 Å². The molecule has 6 rings (SSSR count). The van der Waals surface area contributed by atoms with Gasteiger partial charge < -0.3 is 0 Å². The van der Waals surface area contributed by atoms with Gasteiger partial charge in [0.05, 0.1) is 31.7 Å². The predicted molar refractivity (Wildman–Crippen MR) is 167 cm³/mol. The molecule has 6 nitrogen and oxygen atoms in total. The standard InChI is InChI=1S/C32H27Cl2F4N5OS/c33-22-9-12-27(26(34)16-22)43-30(28-13-11-24(45-28)10-6-20-4-7-21(8-5-20)32(36,37)38)25(19-41-17-23(35)18-41)29(39-43)31(44)40-42-14-2-1-3-15-42/h4-5,7-9,11-13,16,23H,1-3,14-15,17-19H2,(H,40,44). The number of hydrazine groups is 1. The Morgan fingerprint density at radius 2 is 1.73 bits per heavy atom. The van der Waals surface area contributed by atoms with E-state index in [1.54, 1.807) is 28.9 Å². The number of alkyl halides is 4. The van der Waals surface area contributed by atoms with Crippen LogP contribution in [0.3, 0.4) is 0 Å². The predicted octanol–water partition coefficient (Wildman–Crippen LogP) is 7.61. The number of hydrogen-bond donors (Lipinski definition) is 1. The highest BCUT2D eigenvalue weighted by molar-refractivity contribution is 7.16. The molecular formula is C32H27Cl2F4N5OS. The van der Waals surface area contributed by atoms with Crippen LogP contribution in [0.2, 0.25) is 10.0 Å². The molecule has 0 bridgehead atoms. The lowest BCUT2D eigenvalue weighted by molar-refractivity contribution is -0.137. The van der Waals surface area contributed by atoms with Crippen molar-refractivity contribution in [3.05, 3.63) is 91.9 Å². The van der Waals surface area contributed by atoms with Crippen LogP contribution in [-0.2, 0) is 12.7 Å². The van der Waals surface area contributed by atoms with Crippen LogP contribution in [0.5, 0.6) is 0 Å². The summed E-state index contributed by atoms with van der Waals surface area (Å²) < 4.78 is 54.4. The zero-order chi connectivity index (χ0) is 31.7. The first-order valence-corrected chi connectivity index (χ1v) is 15.9. The molecule has 45 heavy (non-hydrogen) atoms. The number of likely N-dealkylation sites (tertiary alicyclic amines) is 1. The third-order valence-corrected chi connectivity index (χ3v) is 9.17. The number of benzene rings is 2. The molecule has 0 aliphatic carbocycles. The smallest absolute Gasteiger partial charge is 0.293 e. The minimum absolute atomic E-state index is 0.203. The molecule has 0 spiro atoms. The number of aromatic nitrogens is 2. The fourth-order valence-corrected chi connectivity index (χ4v) is 6.74. The highest BCUT2D eigenvalue weighted by atomic mass is 35.5. The molecule has 2 saturated heterocycles. The number of amides is 1. The van der Waals surface area contributed by atoms with Gasteiger partial charge in [-0.1, -0.05) is 41.5 Å². The van der Waals surface area contributed by atoms with Crippen molar-refractivity contribution in [3.63, 3.8) is 0 Å². The normalized spacial score (nSPS) is 16.2. The molecule has 2 aromatic heterocycles. The molecule has 0 atom stereocenters. The minimum Gasteiger partial charge on any atom is -0.293 e. The third-order valence-electron chi connectivity index (χ3n) is 7.63. The van der Waals surface area contributed by atoms with Gasteiger partial charge in [-0.3, -0.25) is 15.1 Å². The number of nitrogens with one attached hydrogen (secondary N) is 1. The number of carbonyl (C=O) groups excluding carboxylic acids is 1. The summed E-state index contributed by atoms with van der Waals surface area (Å²) in [5, 5.41) is 7.44. The second kappa shape index (κ2) is 13.1. The van der Waals surface area contributed by atoms with Gasteiger partial charge in [0.1, 0.15) is 6.17 Å². The average Bonchev–Trinajstić information content (AvgIpc) is 3.60. The molecule has 0 saturated carbocycles. The van der Waals surface area contributed by atoms with Crippen molar-refractivity contribution in [3.8, 4) is 28.1 Å². The summed E-state index contributed by atoms with van der Waals surface area (Å²) in [4.78, 5) is 17.0. The van der Waals surface area contributed by atoms with Gasteiger partial charge >= 0.3 is 6.18 Å². The van der Waals surface area contributed by atoms with Gasteiger partial charge in [-0.05, 0) is 67.4 Å². The van der Waals surface area contributed by atoms with Crippen LogP contribution in [0.15, 0.2) is 54.6 Å². The fraction of sp³-hybridized carbons (Fsp3) is 0.312. The van der Waals surface area contributed by atoms with E-state index in [1.807, 2.05) is 16.0 Å². The van der Waals surface area contributed by atoms with Gasteiger partial charge in [-0.15, -0.1) is 11.3 Å². The van der Waals surface area contributed by atoms with Gasteiger partial charge in [0.25, 0.3) is 5.91 Å². The van der Waals surface area contributed by atoms with E-state index >= 15 is 0 Å². The molecule has 4 heterocycles. The second-order valence-electron chi connectivity index (χ2n) is 11.0.